The third kappa shape index (κ3) is 8.05. The number of hydrogen-bond donors (Lipinski definition) is 0. The first-order valence-electron chi connectivity index (χ1n) is 10.7. The van der Waals surface area contributed by atoms with Gasteiger partial charge in [-0.1, -0.05) is 43.7 Å². The summed E-state index contributed by atoms with van der Waals surface area (Å²) in [6.45, 7) is 10.3. The molecule has 2 aromatic rings. The Morgan fingerprint density at radius 2 is 1.73 bits per heavy atom. The number of hydrogen-bond acceptors (Lipinski definition) is 5. The highest BCUT2D eigenvalue weighted by Crippen LogP contribution is 2.32. The highest BCUT2D eigenvalue weighted by Gasteiger charge is 2.10. The summed E-state index contributed by atoms with van der Waals surface area (Å²) in [7, 11) is 2.02. The predicted molar refractivity (Wildman–Crippen MR) is 130 cm³/mol. The summed E-state index contributed by atoms with van der Waals surface area (Å²) in [4.78, 5) is 0. The summed E-state index contributed by atoms with van der Waals surface area (Å²) in [5.41, 5.74) is 4.60. The smallest absolute Gasteiger partial charge is 0.119 e. The average molecular weight is 430 g/mol. The zero-order valence-corrected chi connectivity index (χ0v) is 19.7. The van der Waals surface area contributed by atoms with E-state index in [9.17, 15) is 0 Å². The van der Waals surface area contributed by atoms with Crippen molar-refractivity contribution in [3.8, 4) is 16.9 Å². The molecule has 0 N–H and O–H groups in total. The minimum Gasteiger partial charge on any atom is -0.491 e. The highest BCUT2D eigenvalue weighted by atomic mass is 32.2. The van der Waals surface area contributed by atoms with Gasteiger partial charge < -0.3 is 9.47 Å². The zero-order chi connectivity index (χ0) is 21.8. The van der Waals surface area contributed by atoms with Crippen LogP contribution in [-0.2, 0) is 8.92 Å². The number of unbranched alkanes of at least 4 members (excludes halogenated alkanes) is 1. The topological polar surface area (TPSA) is 30.9 Å². The fourth-order valence-electron chi connectivity index (χ4n) is 2.84. The van der Waals surface area contributed by atoms with Crippen LogP contribution in [0, 0.1) is 0 Å². The Labute approximate surface area is 186 Å². The second-order valence-electron chi connectivity index (χ2n) is 7.33. The lowest BCUT2D eigenvalue weighted by atomic mass is 10.0. The van der Waals surface area contributed by atoms with Gasteiger partial charge in [-0.2, -0.15) is 0 Å². The molecule has 164 valence electrons. The molecule has 0 aliphatic heterocycles. The van der Waals surface area contributed by atoms with Crippen LogP contribution in [0.4, 0.5) is 5.69 Å². The van der Waals surface area contributed by atoms with Gasteiger partial charge in [0.25, 0.3) is 0 Å². The van der Waals surface area contributed by atoms with E-state index in [1.807, 2.05) is 40.0 Å². The van der Waals surface area contributed by atoms with Crippen molar-refractivity contribution in [1.29, 1.82) is 0 Å². The fraction of sp³-hybridized carbons (Fsp3) is 0.440. The Hall–Kier alpha value is -1.95. The van der Waals surface area contributed by atoms with E-state index in [0.29, 0.717) is 13.2 Å². The normalized spacial score (nSPS) is 11.4. The van der Waals surface area contributed by atoms with Crippen molar-refractivity contribution in [3.05, 3.63) is 54.1 Å². The van der Waals surface area contributed by atoms with Crippen LogP contribution in [0.5, 0.6) is 5.75 Å². The molecule has 0 fully saturated rings. The van der Waals surface area contributed by atoms with Gasteiger partial charge in [-0.25, -0.2) is 0 Å². The summed E-state index contributed by atoms with van der Waals surface area (Å²) in [6, 6.07) is 14.7. The lowest BCUT2D eigenvalue weighted by molar-refractivity contribution is 0.0981. The Morgan fingerprint density at radius 1 is 1.00 bits per heavy atom. The molecule has 0 saturated heterocycles. The molecule has 30 heavy (non-hydrogen) atoms. The van der Waals surface area contributed by atoms with Gasteiger partial charge in [0, 0.05) is 13.7 Å². The largest absolute Gasteiger partial charge is 0.491 e. The van der Waals surface area contributed by atoms with E-state index in [1.54, 1.807) is 0 Å². The molecule has 0 unspecified atom stereocenters. The fourth-order valence-corrected chi connectivity index (χ4v) is 3.38. The lowest BCUT2D eigenvalue weighted by Crippen LogP contribution is -2.11. The minimum atomic E-state index is 0.172. The van der Waals surface area contributed by atoms with Crippen LogP contribution in [0.1, 0.15) is 46.1 Å². The molecule has 0 atom stereocenters. The van der Waals surface area contributed by atoms with Crippen LogP contribution >= 0.6 is 12.2 Å². The molecule has 2 aromatic carbocycles. The van der Waals surface area contributed by atoms with Crippen molar-refractivity contribution in [2.45, 2.75) is 46.6 Å². The molecule has 0 saturated carbocycles. The zero-order valence-electron chi connectivity index (χ0n) is 18.9. The van der Waals surface area contributed by atoms with Crippen LogP contribution in [0.25, 0.3) is 17.2 Å². The summed E-state index contributed by atoms with van der Waals surface area (Å²) < 4.78 is 19.0. The first kappa shape index (κ1) is 24.3. The minimum absolute atomic E-state index is 0.172. The molecular formula is C25H35NO3S. The van der Waals surface area contributed by atoms with Crippen LogP contribution in [-0.4, -0.2) is 33.0 Å². The number of rotatable bonds is 13. The standard InChI is InChI=1S/C25H35NO3S/c1-6-8-16-27-17-18-28-24-13-10-21(11-14-24)22-12-15-25(23(19-22)9-7-2)26(5)30-29-20(3)4/h7,9-15,19-20H,6,8,16-18H2,1-5H3/b9-7+. The second-order valence-corrected chi connectivity index (χ2v) is 8.22. The van der Waals surface area contributed by atoms with Crippen molar-refractivity contribution < 1.29 is 13.7 Å². The van der Waals surface area contributed by atoms with E-state index in [4.69, 9.17) is 13.7 Å². The van der Waals surface area contributed by atoms with E-state index < -0.39 is 0 Å². The monoisotopic (exact) mass is 429 g/mol. The van der Waals surface area contributed by atoms with Gasteiger partial charge in [0.05, 0.1) is 18.4 Å². The van der Waals surface area contributed by atoms with Gasteiger partial charge in [-0.15, -0.1) is 0 Å². The van der Waals surface area contributed by atoms with Crippen molar-refractivity contribution in [2.24, 2.45) is 0 Å². The van der Waals surface area contributed by atoms with E-state index in [-0.39, 0.29) is 6.10 Å². The Bertz CT molecular complexity index is 774. The lowest BCUT2D eigenvalue weighted by Gasteiger charge is -2.21. The van der Waals surface area contributed by atoms with E-state index >= 15 is 0 Å². The number of anilines is 1. The molecule has 2 rings (SSSR count). The predicted octanol–water partition coefficient (Wildman–Crippen LogP) is 7.01. The average Bonchev–Trinajstić information content (AvgIpc) is 2.75. The maximum absolute atomic E-state index is 5.78. The SMILES string of the molecule is C/C=C/c1cc(-c2ccc(OCCOCCCC)cc2)ccc1N(C)SOC(C)C. The van der Waals surface area contributed by atoms with Crippen molar-refractivity contribution in [3.63, 3.8) is 0 Å². The Morgan fingerprint density at radius 3 is 2.40 bits per heavy atom. The van der Waals surface area contributed by atoms with Gasteiger partial charge in [0.15, 0.2) is 0 Å². The molecule has 0 bridgehead atoms. The Kier molecular flexibility index (Phi) is 10.8. The van der Waals surface area contributed by atoms with Gasteiger partial charge in [0.2, 0.25) is 0 Å². The molecule has 0 aromatic heterocycles. The van der Waals surface area contributed by atoms with E-state index in [2.05, 4.69) is 53.7 Å². The molecule has 4 nitrogen and oxygen atoms in total. The second kappa shape index (κ2) is 13.4. The third-order valence-electron chi connectivity index (χ3n) is 4.39. The Balaban J connectivity index is 2.03. The van der Waals surface area contributed by atoms with Crippen molar-refractivity contribution in [2.75, 3.05) is 31.2 Å². The van der Waals surface area contributed by atoms with Gasteiger partial charge >= 0.3 is 0 Å². The van der Waals surface area contributed by atoms with E-state index in [1.165, 1.54) is 17.8 Å². The number of benzene rings is 2. The summed E-state index contributed by atoms with van der Waals surface area (Å²) in [5, 5.41) is 0. The number of nitrogens with zero attached hydrogens (tertiary/aromatic N) is 1. The molecule has 0 amide bonds. The molecule has 0 heterocycles. The third-order valence-corrected chi connectivity index (χ3v) is 5.28. The molecule has 5 heteroatoms. The highest BCUT2D eigenvalue weighted by molar-refractivity contribution is 7.96. The van der Waals surface area contributed by atoms with Crippen molar-refractivity contribution >= 4 is 24.0 Å². The maximum atomic E-state index is 5.78. The molecule has 0 aliphatic carbocycles. The number of ether oxygens (including phenoxy) is 2. The summed E-state index contributed by atoms with van der Waals surface area (Å²) in [6.07, 6.45) is 6.61. The molecular weight excluding hydrogens is 394 g/mol. The first-order chi connectivity index (χ1) is 14.5. The quantitative estimate of drug-likeness (QED) is 0.194. The molecule has 0 aliphatic rings. The van der Waals surface area contributed by atoms with Crippen LogP contribution in [0.2, 0.25) is 0 Å². The first-order valence-corrected chi connectivity index (χ1v) is 11.4. The summed E-state index contributed by atoms with van der Waals surface area (Å²) in [5.74, 6) is 0.866. The number of allylic oxidation sites excluding steroid dienone is 1. The van der Waals surface area contributed by atoms with Crippen LogP contribution < -0.4 is 9.04 Å². The molecule has 0 spiro atoms. The maximum Gasteiger partial charge on any atom is 0.119 e. The van der Waals surface area contributed by atoms with Gasteiger partial charge in [-0.3, -0.25) is 8.49 Å². The van der Waals surface area contributed by atoms with Gasteiger partial charge in [0.1, 0.15) is 24.6 Å². The van der Waals surface area contributed by atoms with Crippen LogP contribution in [0.15, 0.2) is 48.5 Å². The van der Waals surface area contributed by atoms with E-state index in [0.717, 1.165) is 42.0 Å². The van der Waals surface area contributed by atoms with Crippen LogP contribution in [0.3, 0.4) is 0 Å². The molecule has 0 radical (unpaired) electrons. The summed E-state index contributed by atoms with van der Waals surface area (Å²) >= 11 is 1.37. The van der Waals surface area contributed by atoms with Gasteiger partial charge in [-0.05, 0) is 68.1 Å². The van der Waals surface area contributed by atoms with Crippen molar-refractivity contribution in [1.82, 2.24) is 0 Å².